The first kappa shape index (κ1) is 32.5. The smallest absolute Gasteiger partial charge is 0.244 e. The molecule has 0 fully saturated rings. The summed E-state index contributed by atoms with van der Waals surface area (Å²) in [4.78, 5) is 28.6. The molecule has 214 valence electrons. The molecule has 2 atom stereocenters. The Kier molecular flexibility index (Phi) is 14.8. The van der Waals surface area contributed by atoms with Crippen molar-refractivity contribution >= 4 is 40.6 Å². The van der Waals surface area contributed by atoms with E-state index in [2.05, 4.69) is 5.32 Å². The van der Waals surface area contributed by atoms with E-state index in [4.69, 9.17) is 38.0 Å². The van der Waals surface area contributed by atoms with Gasteiger partial charge < -0.3 is 24.4 Å². The molecule has 0 spiro atoms. The third-order valence-corrected chi connectivity index (χ3v) is 6.75. The van der Waals surface area contributed by atoms with Crippen LogP contribution in [0.25, 0.3) is 0 Å². The maximum absolute atomic E-state index is 14.1. The maximum atomic E-state index is 14.1. The van der Waals surface area contributed by atoms with Crippen LogP contribution in [0.4, 0.5) is 0 Å². The van der Waals surface area contributed by atoms with Gasteiger partial charge in [0.25, 0.3) is 0 Å². The van der Waals surface area contributed by atoms with Crippen LogP contribution in [0.3, 0.4) is 0 Å². The molecule has 0 heterocycles. The molecule has 0 saturated carbocycles. The summed E-state index contributed by atoms with van der Waals surface area (Å²) in [5, 5.41) is 13.0. The molecule has 9 nitrogen and oxygen atoms in total. The molecule has 0 saturated heterocycles. The van der Waals surface area contributed by atoms with Gasteiger partial charge in [-0.25, -0.2) is 5.48 Å². The number of halogens is 1. The lowest BCUT2D eigenvalue weighted by Gasteiger charge is -2.35. The van der Waals surface area contributed by atoms with Crippen molar-refractivity contribution < 1.29 is 29.0 Å². The molecule has 3 N–H and O–H groups in total. The Labute approximate surface area is 240 Å². The SMILES string of the molecule is CCCN(C(=O)[C@@H](CC(=O)NO)c1ccc(Cl)cc1)[C@@H](Cc1ccc(OC)cc1)C(=S)NCCOCCOC. The highest BCUT2D eigenvalue weighted by atomic mass is 35.5. The van der Waals surface area contributed by atoms with Gasteiger partial charge in [-0.05, 0) is 48.2 Å². The molecule has 2 aromatic carbocycles. The zero-order valence-electron chi connectivity index (χ0n) is 22.7. The number of hydrogen-bond acceptors (Lipinski definition) is 7. The molecule has 2 amide bonds. The van der Waals surface area contributed by atoms with Crippen molar-refractivity contribution in [2.75, 3.05) is 47.1 Å². The number of carbonyl (C=O) groups excluding carboxylic acids is 2. The number of rotatable bonds is 17. The predicted octanol–water partition coefficient (Wildman–Crippen LogP) is 3.76. The Balaban J connectivity index is 2.38. The van der Waals surface area contributed by atoms with Crippen LogP contribution in [0.2, 0.25) is 5.02 Å². The standard InChI is InChI=1S/C28H38ClN3O6S/c1-4-14-32(28(34)24(19-26(33)31-35)21-7-9-22(29)10-8-21)25(18-20-5-11-23(37-3)12-6-20)27(39)30-13-15-38-17-16-36-2/h5-12,24-25,35H,4,13-19H2,1-3H3,(H,30,39)(H,31,33)/t24-,25-/m0/s1. The van der Waals surface area contributed by atoms with Crippen molar-refractivity contribution in [3.8, 4) is 5.75 Å². The van der Waals surface area contributed by atoms with Gasteiger partial charge in [0.1, 0.15) is 5.75 Å². The monoisotopic (exact) mass is 579 g/mol. The van der Waals surface area contributed by atoms with Gasteiger partial charge in [-0.3, -0.25) is 14.8 Å². The zero-order chi connectivity index (χ0) is 28.6. The van der Waals surface area contributed by atoms with Gasteiger partial charge >= 0.3 is 0 Å². The average Bonchev–Trinajstić information content (AvgIpc) is 2.95. The number of hydroxylamine groups is 1. The van der Waals surface area contributed by atoms with E-state index in [9.17, 15) is 14.8 Å². The van der Waals surface area contributed by atoms with Crippen molar-refractivity contribution in [1.82, 2.24) is 15.7 Å². The van der Waals surface area contributed by atoms with Gasteiger partial charge in [0.2, 0.25) is 11.8 Å². The Morgan fingerprint density at radius 3 is 2.33 bits per heavy atom. The maximum Gasteiger partial charge on any atom is 0.244 e. The zero-order valence-corrected chi connectivity index (χ0v) is 24.2. The quantitative estimate of drug-likeness (QED) is 0.112. The number of amides is 2. The summed E-state index contributed by atoms with van der Waals surface area (Å²) in [6, 6.07) is 13.9. The van der Waals surface area contributed by atoms with Gasteiger partial charge in [-0.15, -0.1) is 0 Å². The summed E-state index contributed by atoms with van der Waals surface area (Å²) in [6.45, 7) is 4.24. The number of methoxy groups -OCH3 is 2. The van der Waals surface area contributed by atoms with E-state index in [1.54, 1.807) is 48.9 Å². The summed E-state index contributed by atoms with van der Waals surface area (Å²) in [5.74, 6) is -1.06. The molecule has 0 aliphatic rings. The van der Waals surface area contributed by atoms with Crippen LogP contribution in [0.15, 0.2) is 48.5 Å². The number of thiocarbonyl (C=S) groups is 1. The van der Waals surface area contributed by atoms with Gasteiger partial charge in [0.15, 0.2) is 0 Å². The molecule has 2 aromatic rings. The first-order valence-electron chi connectivity index (χ1n) is 12.8. The Morgan fingerprint density at radius 2 is 1.74 bits per heavy atom. The highest BCUT2D eigenvalue weighted by molar-refractivity contribution is 7.80. The first-order chi connectivity index (χ1) is 18.8. The van der Waals surface area contributed by atoms with Gasteiger partial charge in [0, 0.05) is 31.6 Å². The second-order valence-electron chi connectivity index (χ2n) is 8.84. The van der Waals surface area contributed by atoms with Gasteiger partial charge in [-0.1, -0.05) is 55.0 Å². The number of benzene rings is 2. The van der Waals surface area contributed by atoms with E-state index in [1.165, 1.54) is 0 Å². The van der Waals surface area contributed by atoms with E-state index in [-0.39, 0.29) is 12.3 Å². The fourth-order valence-electron chi connectivity index (χ4n) is 4.07. The number of ether oxygens (including phenoxy) is 3. The molecule has 2 rings (SSSR count). The van der Waals surface area contributed by atoms with Crippen molar-refractivity contribution in [2.24, 2.45) is 0 Å². The predicted molar refractivity (Wildman–Crippen MR) is 155 cm³/mol. The highest BCUT2D eigenvalue weighted by Crippen LogP contribution is 2.27. The highest BCUT2D eigenvalue weighted by Gasteiger charge is 2.34. The second kappa shape index (κ2) is 17.8. The van der Waals surface area contributed by atoms with Crippen molar-refractivity contribution in [3.05, 3.63) is 64.7 Å². The summed E-state index contributed by atoms with van der Waals surface area (Å²) in [5.41, 5.74) is 3.22. The molecule has 0 bridgehead atoms. The largest absolute Gasteiger partial charge is 0.497 e. The third-order valence-electron chi connectivity index (χ3n) is 6.08. The number of nitrogens with one attached hydrogen (secondary N) is 2. The summed E-state index contributed by atoms with van der Waals surface area (Å²) >= 11 is 11.9. The summed E-state index contributed by atoms with van der Waals surface area (Å²) < 4.78 is 15.8. The van der Waals surface area contributed by atoms with Gasteiger partial charge in [-0.2, -0.15) is 0 Å². The fraction of sp³-hybridized carbons (Fsp3) is 0.464. The Morgan fingerprint density at radius 1 is 1.05 bits per heavy atom. The van der Waals surface area contributed by atoms with Gasteiger partial charge in [0.05, 0.1) is 43.9 Å². The Hall–Kier alpha value is -2.76. The molecule has 39 heavy (non-hydrogen) atoms. The lowest BCUT2D eigenvalue weighted by atomic mass is 9.92. The molecule has 0 radical (unpaired) electrons. The topological polar surface area (TPSA) is 109 Å². The Bertz CT molecular complexity index is 1040. The van der Waals surface area contributed by atoms with E-state index >= 15 is 0 Å². The lowest BCUT2D eigenvalue weighted by molar-refractivity contribution is -0.138. The van der Waals surface area contributed by atoms with Crippen LogP contribution >= 0.6 is 23.8 Å². The van der Waals surface area contributed by atoms with Crippen molar-refractivity contribution in [2.45, 2.75) is 38.1 Å². The first-order valence-corrected chi connectivity index (χ1v) is 13.6. The molecule has 0 aliphatic carbocycles. The minimum Gasteiger partial charge on any atom is -0.497 e. The van der Waals surface area contributed by atoms with Crippen LogP contribution < -0.4 is 15.5 Å². The number of nitrogens with zero attached hydrogens (tertiary/aromatic N) is 1. The second-order valence-corrected chi connectivity index (χ2v) is 9.72. The third kappa shape index (κ3) is 10.7. The molecular weight excluding hydrogens is 542 g/mol. The van der Waals surface area contributed by atoms with Crippen LogP contribution in [0.1, 0.15) is 36.8 Å². The van der Waals surface area contributed by atoms with E-state index in [0.29, 0.717) is 61.3 Å². The van der Waals surface area contributed by atoms with E-state index in [0.717, 1.165) is 11.3 Å². The normalized spacial score (nSPS) is 12.3. The fourth-order valence-corrected chi connectivity index (χ4v) is 4.51. The molecule has 0 unspecified atom stereocenters. The molecular formula is C28H38ClN3O6S. The van der Waals surface area contributed by atoms with Crippen molar-refractivity contribution in [1.29, 1.82) is 0 Å². The molecule has 0 aliphatic heterocycles. The van der Waals surface area contributed by atoms with Crippen LogP contribution in [0.5, 0.6) is 5.75 Å². The summed E-state index contributed by atoms with van der Waals surface area (Å²) in [6.07, 6.45) is 0.888. The molecule has 11 heteroatoms. The lowest BCUT2D eigenvalue weighted by Crippen LogP contribution is -2.52. The van der Waals surface area contributed by atoms with E-state index in [1.807, 2.05) is 31.2 Å². The minimum absolute atomic E-state index is 0.236. The average molecular weight is 580 g/mol. The van der Waals surface area contributed by atoms with Crippen LogP contribution in [-0.2, 0) is 25.5 Å². The van der Waals surface area contributed by atoms with Crippen LogP contribution in [0, 0.1) is 0 Å². The van der Waals surface area contributed by atoms with Crippen LogP contribution in [-0.4, -0.2) is 80.1 Å². The van der Waals surface area contributed by atoms with E-state index < -0.39 is 17.9 Å². The van der Waals surface area contributed by atoms with Crippen molar-refractivity contribution in [3.63, 3.8) is 0 Å². The molecule has 0 aromatic heterocycles. The summed E-state index contributed by atoms with van der Waals surface area (Å²) in [7, 11) is 3.22. The number of carbonyl (C=O) groups is 2. The minimum atomic E-state index is -0.848. The number of hydrogen-bond donors (Lipinski definition) is 3.